The number of morpholine rings is 1. The van der Waals surface area contributed by atoms with Gasteiger partial charge in [-0.2, -0.15) is 22.7 Å². The Kier molecular flexibility index (Phi) is 4.19. The van der Waals surface area contributed by atoms with Crippen LogP contribution in [-0.2, 0) is 4.74 Å². The quantitative estimate of drug-likeness (QED) is 0.800. The first-order chi connectivity index (χ1) is 9.29. The van der Waals surface area contributed by atoms with Crippen LogP contribution >= 0.6 is 22.7 Å². The summed E-state index contributed by atoms with van der Waals surface area (Å²) in [5, 5.41) is 4.43. The second kappa shape index (κ2) is 5.89. The molecule has 1 aliphatic rings. The zero-order chi connectivity index (χ0) is 13.1. The predicted octanol–water partition coefficient (Wildman–Crippen LogP) is 1.87. The third kappa shape index (κ3) is 2.85. The van der Waals surface area contributed by atoms with Crippen molar-refractivity contribution in [2.75, 3.05) is 32.5 Å². The monoisotopic (exact) mass is 309 g/mol. The minimum atomic E-state index is -1.58. The summed E-state index contributed by atoms with van der Waals surface area (Å²) in [6.45, 7) is 6.46. The largest absolute Gasteiger partial charge is 0.379 e. The van der Waals surface area contributed by atoms with Crippen molar-refractivity contribution in [1.29, 1.82) is 0 Å². The molecule has 3 heterocycles. The molecule has 1 fully saturated rings. The van der Waals surface area contributed by atoms with E-state index in [1.54, 1.807) is 9.00 Å². The molecule has 0 amide bonds. The van der Waals surface area contributed by atoms with Crippen LogP contribution in [-0.4, -0.2) is 45.4 Å². The molecule has 2 nitrogen and oxygen atoms in total. The van der Waals surface area contributed by atoms with Gasteiger partial charge in [0.2, 0.25) is 0 Å². The maximum atomic E-state index is 5.47. The second-order valence-corrected chi connectivity index (χ2v) is 11.9. The highest BCUT2D eigenvalue weighted by molar-refractivity contribution is 7.35. The summed E-state index contributed by atoms with van der Waals surface area (Å²) in [6, 6.07) is 9.05. The molecule has 0 atom stereocenters. The average molecular weight is 310 g/mol. The summed E-state index contributed by atoms with van der Waals surface area (Å²) < 4.78 is 8.67. The van der Waals surface area contributed by atoms with E-state index in [1.807, 2.05) is 22.7 Å². The van der Waals surface area contributed by atoms with E-state index in [0.29, 0.717) is 0 Å². The van der Waals surface area contributed by atoms with Crippen molar-refractivity contribution in [2.24, 2.45) is 0 Å². The van der Waals surface area contributed by atoms with Crippen LogP contribution in [0.15, 0.2) is 35.0 Å². The van der Waals surface area contributed by atoms with Crippen LogP contribution in [0.2, 0.25) is 6.55 Å². The Bertz CT molecular complexity index is 457. The molecule has 102 valence electrons. The van der Waals surface area contributed by atoms with E-state index in [0.717, 1.165) is 26.3 Å². The van der Waals surface area contributed by atoms with Gasteiger partial charge in [0.15, 0.2) is 8.07 Å². The Morgan fingerprint density at radius 1 is 1.11 bits per heavy atom. The third-order valence-electron chi connectivity index (χ3n) is 3.77. The second-order valence-electron chi connectivity index (χ2n) is 5.18. The molecule has 1 saturated heterocycles. The molecule has 0 bridgehead atoms. The first-order valence-electron chi connectivity index (χ1n) is 6.67. The third-order valence-corrected chi connectivity index (χ3v) is 12.1. The fourth-order valence-electron chi connectivity index (χ4n) is 2.67. The van der Waals surface area contributed by atoms with Crippen molar-refractivity contribution in [3.8, 4) is 0 Å². The maximum Gasteiger partial charge on any atom is 0.153 e. The van der Waals surface area contributed by atoms with E-state index in [-0.39, 0.29) is 0 Å². The van der Waals surface area contributed by atoms with Crippen LogP contribution in [0, 0.1) is 0 Å². The minimum Gasteiger partial charge on any atom is -0.379 e. The van der Waals surface area contributed by atoms with E-state index in [1.165, 1.54) is 6.17 Å². The number of nitrogens with zero attached hydrogens (tertiary/aromatic N) is 1. The molecule has 0 aliphatic carbocycles. The molecule has 0 unspecified atom stereocenters. The highest BCUT2D eigenvalue weighted by atomic mass is 32.1. The van der Waals surface area contributed by atoms with Crippen LogP contribution in [0.3, 0.4) is 0 Å². The Labute approximate surface area is 123 Å². The average Bonchev–Trinajstić information content (AvgIpc) is 3.14. The normalized spacial score (nSPS) is 17.7. The van der Waals surface area contributed by atoms with E-state index < -0.39 is 8.07 Å². The topological polar surface area (TPSA) is 12.5 Å². The van der Waals surface area contributed by atoms with Gasteiger partial charge in [0.05, 0.1) is 13.2 Å². The van der Waals surface area contributed by atoms with E-state index >= 15 is 0 Å². The number of rotatable bonds is 4. The zero-order valence-corrected chi connectivity index (χ0v) is 13.8. The zero-order valence-electron chi connectivity index (χ0n) is 11.2. The highest BCUT2D eigenvalue weighted by Gasteiger charge is 2.36. The summed E-state index contributed by atoms with van der Waals surface area (Å²) in [5.74, 6) is 0. The van der Waals surface area contributed by atoms with Crippen LogP contribution in [0.1, 0.15) is 0 Å². The molecule has 0 aromatic carbocycles. The fourth-order valence-corrected chi connectivity index (χ4v) is 10.0. The standard InChI is InChI=1S/C14H19NOS2Si/c1-19(13-4-2-10-17-13,14-5-3-11-18-14)12-15-6-8-16-9-7-15/h2-5,10-11H,6-9,12H2,1H3. The first kappa shape index (κ1) is 13.5. The molecule has 0 spiro atoms. The molecule has 1 aliphatic heterocycles. The summed E-state index contributed by atoms with van der Waals surface area (Å²) >= 11 is 3.85. The van der Waals surface area contributed by atoms with Gasteiger partial charge < -0.3 is 9.64 Å². The molecule has 5 heteroatoms. The van der Waals surface area contributed by atoms with Crippen molar-refractivity contribution in [2.45, 2.75) is 6.55 Å². The smallest absolute Gasteiger partial charge is 0.153 e. The van der Waals surface area contributed by atoms with Crippen LogP contribution in [0.5, 0.6) is 0 Å². The van der Waals surface area contributed by atoms with Gasteiger partial charge in [-0.15, -0.1) is 0 Å². The Balaban J connectivity index is 1.88. The summed E-state index contributed by atoms with van der Waals surface area (Å²) in [4.78, 5) is 2.59. The lowest BCUT2D eigenvalue weighted by molar-refractivity contribution is 0.0458. The fraction of sp³-hybridized carbons (Fsp3) is 0.429. The SMILES string of the molecule is C[Si](CN1CCOCC1)(c1cccs1)c1cccs1. The molecule has 0 saturated carbocycles. The molecule has 19 heavy (non-hydrogen) atoms. The highest BCUT2D eigenvalue weighted by Crippen LogP contribution is 2.15. The lowest BCUT2D eigenvalue weighted by Gasteiger charge is -2.34. The molecular weight excluding hydrogens is 290 g/mol. The molecular formula is C14H19NOS2Si. The lowest BCUT2D eigenvalue weighted by atomic mass is 10.5. The molecule has 2 aromatic heterocycles. The van der Waals surface area contributed by atoms with Gasteiger partial charge in [-0.25, -0.2) is 0 Å². The van der Waals surface area contributed by atoms with Gasteiger partial charge >= 0.3 is 0 Å². The van der Waals surface area contributed by atoms with Gasteiger partial charge in [-0.3, -0.25) is 0 Å². The van der Waals surface area contributed by atoms with Crippen LogP contribution in [0.25, 0.3) is 0 Å². The Morgan fingerprint density at radius 3 is 2.16 bits per heavy atom. The van der Waals surface area contributed by atoms with Gasteiger partial charge in [-0.1, -0.05) is 30.8 Å². The van der Waals surface area contributed by atoms with Gasteiger partial charge in [0.1, 0.15) is 0 Å². The molecule has 3 rings (SSSR count). The van der Waals surface area contributed by atoms with Crippen molar-refractivity contribution >= 4 is 39.7 Å². The summed E-state index contributed by atoms with van der Waals surface area (Å²) in [5.41, 5.74) is 0. The number of hydrogen-bond donors (Lipinski definition) is 0. The summed E-state index contributed by atoms with van der Waals surface area (Å²) in [7, 11) is -1.58. The lowest BCUT2D eigenvalue weighted by Crippen LogP contribution is -2.62. The summed E-state index contributed by atoms with van der Waals surface area (Å²) in [6.07, 6.45) is 1.22. The molecule has 2 aromatic rings. The number of thiophene rings is 2. The predicted molar refractivity (Wildman–Crippen MR) is 86.8 cm³/mol. The van der Waals surface area contributed by atoms with Crippen molar-refractivity contribution in [3.63, 3.8) is 0 Å². The van der Waals surface area contributed by atoms with E-state index in [9.17, 15) is 0 Å². The van der Waals surface area contributed by atoms with E-state index in [4.69, 9.17) is 4.74 Å². The molecule has 0 N–H and O–H groups in total. The van der Waals surface area contributed by atoms with Crippen molar-refractivity contribution in [3.05, 3.63) is 35.0 Å². The Morgan fingerprint density at radius 2 is 1.68 bits per heavy atom. The van der Waals surface area contributed by atoms with Crippen molar-refractivity contribution in [1.82, 2.24) is 4.90 Å². The maximum absolute atomic E-state index is 5.47. The Hall–Kier alpha value is -0.463. The number of ether oxygens (including phenoxy) is 1. The van der Waals surface area contributed by atoms with Crippen molar-refractivity contribution < 1.29 is 4.74 Å². The number of hydrogen-bond acceptors (Lipinski definition) is 4. The minimum absolute atomic E-state index is 0.888. The van der Waals surface area contributed by atoms with Crippen LogP contribution < -0.4 is 9.00 Å². The van der Waals surface area contributed by atoms with E-state index in [2.05, 4.69) is 46.5 Å². The van der Waals surface area contributed by atoms with Gasteiger partial charge in [-0.05, 0) is 19.8 Å². The van der Waals surface area contributed by atoms with Gasteiger partial charge in [0.25, 0.3) is 0 Å². The van der Waals surface area contributed by atoms with Gasteiger partial charge in [0, 0.05) is 19.3 Å². The molecule has 0 radical (unpaired) electrons. The van der Waals surface area contributed by atoms with Crippen LogP contribution in [0.4, 0.5) is 0 Å². The first-order valence-corrected chi connectivity index (χ1v) is 11.1.